The summed E-state index contributed by atoms with van der Waals surface area (Å²) in [6, 6.07) is 26.8. The van der Waals surface area contributed by atoms with Crippen LogP contribution in [0, 0.1) is 0 Å². The zero-order chi connectivity index (χ0) is 27.1. The predicted molar refractivity (Wildman–Crippen MR) is 159 cm³/mol. The van der Waals surface area contributed by atoms with Crippen LogP contribution in [0.15, 0.2) is 78.9 Å². The van der Waals surface area contributed by atoms with Crippen LogP contribution in [0.5, 0.6) is 0 Å². The number of piperazine rings is 1. The van der Waals surface area contributed by atoms with Gasteiger partial charge in [-0.05, 0) is 79.8 Å². The average molecular weight is 540 g/mol. The zero-order valence-electron chi connectivity index (χ0n) is 22.5. The van der Waals surface area contributed by atoms with Crippen LogP contribution in [0.1, 0.15) is 44.2 Å². The van der Waals surface area contributed by atoms with E-state index < -0.39 is 11.4 Å². The molecule has 6 heteroatoms. The summed E-state index contributed by atoms with van der Waals surface area (Å²) in [5, 5.41) is 12.3. The first-order chi connectivity index (χ1) is 18.9. The summed E-state index contributed by atoms with van der Waals surface area (Å²) < 4.78 is 0. The molecular formula is C33H34ClN3O2. The van der Waals surface area contributed by atoms with Gasteiger partial charge < -0.3 is 10.0 Å². The number of aliphatic carboxylic acids is 1. The van der Waals surface area contributed by atoms with Crippen molar-refractivity contribution in [3.8, 4) is 11.1 Å². The number of fused-ring (bicyclic) bond motifs is 4. The normalized spacial score (nSPS) is 20.1. The highest BCUT2D eigenvalue weighted by atomic mass is 35.5. The molecule has 0 unspecified atom stereocenters. The Hall–Kier alpha value is -3.41. The van der Waals surface area contributed by atoms with Crippen molar-refractivity contribution in [2.75, 3.05) is 24.5 Å². The van der Waals surface area contributed by atoms with Crippen LogP contribution < -0.4 is 4.90 Å². The molecule has 6 rings (SSSR count). The average Bonchev–Trinajstić information content (AvgIpc) is 3.23. The summed E-state index contributed by atoms with van der Waals surface area (Å²) in [7, 11) is 0. The molecule has 0 saturated carbocycles. The number of rotatable bonds is 7. The Balaban J connectivity index is 1.13. The molecule has 200 valence electrons. The lowest BCUT2D eigenvalue weighted by Gasteiger charge is -2.45. The molecule has 1 aliphatic carbocycles. The molecule has 0 amide bonds. The summed E-state index contributed by atoms with van der Waals surface area (Å²) >= 11 is 6.35. The molecule has 1 N–H and O–H groups in total. The molecule has 2 atom stereocenters. The van der Waals surface area contributed by atoms with Gasteiger partial charge in [0.15, 0.2) is 0 Å². The van der Waals surface area contributed by atoms with Crippen LogP contribution in [-0.4, -0.2) is 52.7 Å². The number of anilines is 1. The zero-order valence-corrected chi connectivity index (χ0v) is 23.2. The number of aromatic nitrogens is 1. The van der Waals surface area contributed by atoms with E-state index in [2.05, 4.69) is 47.9 Å². The van der Waals surface area contributed by atoms with Crippen LogP contribution in [0.2, 0.25) is 5.02 Å². The number of pyridine rings is 1. The second-order valence-corrected chi connectivity index (χ2v) is 11.5. The Morgan fingerprint density at radius 2 is 1.54 bits per heavy atom. The van der Waals surface area contributed by atoms with E-state index in [4.69, 9.17) is 16.6 Å². The van der Waals surface area contributed by atoms with Gasteiger partial charge in [-0.15, -0.1) is 0 Å². The Kier molecular flexibility index (Phi) is 6.82. The van der Waals surface area contributed by atoms with Gasteiger partial charge in [-0.2, -0.15) is 0 Å². The molecule has 5 nitrogen and oxygen atoms in total. The summed E-state index contributed by atoms with van der Waals surface area (Å²) in [6.07, 6.45) is 2.41. The molecule has 0 radical (unpaired) electrons. The molecule has 1 fully saturated rings. The molecule has 1 saturated heterocycles. The molecule has 2 heterocycles. The third kappa shape index (κ3) is 4.38. The molecule has 39 heavy (non-hydrogen) atoms. The lowest BCUT2D eigenvalue weighted by Crippen LogP contribution is -2.57. The number of carbonyl (C=O) groups is 1. The second kappa shape index (κ2) is 10.3. The quantitative estimate of drug-likeness (QED) is 0.256. The Morgan fingerprint density at radius 1 is 0.897 bits per heavy atom. The molecular weight excluding hydrogens is 506 g/mol. The first-order valence-electron chi connectivity index (χ1n) is 13.9. The van der Waals surface area contributed by atoms with Gasteiger partial charge in [0.1, 0.15) is 11.2 Å². The van der Waals surface area contributed by atoms with Crippen LogP contribution in [0.4, 0.5) is 5.82 Å². The maximum Gasteiger partial charge on any atom is 0.318 e. The van der Waals surface area contributed by atoms with E-state index in [1.54, 1.807) is 0 Å². The minimum atomic E-state index is -0.978. The first kappa shape index (κ1) is 25.8. The van der Waals surface area contributed by atoms with Crippen LogP contribution in [0.3, 0.4) is 0 Å². The third-order valence-corrected chi connectivity index (χ3v) is 9.07. The summed E-state index contributed by atoms with van der Waals surface area (Å²) in [5.74, 6) is 0.240. The lowest BCUT2D eigenvalue weighted by molar-refractivity contribution is -0.142. The van der Waals surface area contributed by atoms with Gasteiger partial charge in [0.25, 0.3) is 0 Å². The van der Waals surface area contributed by atoms with Crippen molar-refractivity contribution in [1.29, 1.82) is 0 Å². The summed E-state index contributed by atoms with van der Waals surface area (Å²) in [6.45, 7) is 7.33. The topological polar surface area (TPSA) is 56.7 Å². The number of nitrogens with zero attached hydrogens (tertiary/aromatic N) is 3. The monoisotopic (exact) mass is 539 g/mol. The molecule has 0 bridgehead atoms. The van der Waals surface area contributed by atoms with Crippen LogP contribution in [-0.2, 0) is 10.2 Å². The number of carboxylic acids is 1. The van der Waals surface area contributed by atoms with Crippen LogP contribution >= 0.6 is 11.6 Å². The van der Waals surface area contributed by atoms with Crippen molar-refractivity contribution < 1.29 is 9.90 Å². The Labute approximate surface area is 235 Å². The molecule has 1 aliphatic heterocycles. The van der Waals surface area contributed by atoms with Crippen molar-refractivity contribution in [1.82, 2.24) is 9.88 Å². The van der Waals surface area contributed by atoms with Gasteiger partial charge in [-0.3, -0.25) is 9.69 Å². The minimum absolute atomic E-state index is 0.368. The fourth-order valence-corrected chi connectivity index (χ4v) is 7.12. The standard InChI is InChI=1S/C33H34ClN3O2/c1-22-20-36(31-17-16-26-29(34)14-9-15-30(26)35-31)21-23(2)37(22)19-8-7-18-33(32(38)39)27-12-5-3-10-24(27)25-11-4-6-13-28(25)33/h3-6,9-17,22-23H,7-8,18-21H2,1-2H3,(H,38,39)/t22-,23+. The highest BCUT2D eigenvalue weighted by molar-refractivity contribution is 6.35. The minimum Gasteiger partial charge on any atom is -0.480 e. The van der Waals surface area contributed by atoms with E-state index in [9.17, 15) is 9.90 Å². The highest BCUT2D eigenvalue weighted by Gasteiger charge is 2.48. The predicted octanol–water partition coefficient (Wildman–Crippen LogP) is 7.01. The van der Waals surface area contributed by atoms with E-state index in [-0.39, 0.29) is 0 Å². The van der Waals surface area contributed by atoms with E-state index in [0.717, 1.165) is 76.5 Å². The maximum absolute atomic E-state index is 12.9. The van der Waals surface area contributed by atoms with Gasteiger partial charge in [0.2, 0.25) is 0 Å². The number of halogens is 1. The second-order valence-electron chi connectivity index (χ2n) is 11.1. The van der Waals surface area contributed by atoms with Crippen molar-refractivity contribution >= 4 is 34.3 Å². The van der Waals surface area contributed by atoms with E-state index in [0.29, 0.717) is 18.5 Å². The van der Waals surface area contributed by atoms with E-state index in [1.165, 1.54) is 0 Å². The molecule has 3 aromatic carbocycles. The molecule has 1 aromatic heterocycles. The Morgan fingerprint density at radius 3 is 2.18 bits per heavy atom. The van der Waals surface area contributed by atoms with Crippen molar-refractivity contribution in [2.45, 2.75) is 50.6 Å². The van der Waals surface area contributed by atoms with Crippen LogP contribution in [0.25, 0.3) is 22.0 Å². The van der Waals surface area contributed by atoms with Gasteiger partial charge in [0.05, 0.1) is 5.52 Å². The van der Waals surface area contributed by atoms with Gasteiger partial charge in [-0.25, -0.2) is 4.98 Å². The molecule has 4 aromatic rings. The largest absolute Gasteiger partial charge is 0.480 e. The smallest absolute Gasteiger partial charge is 0.318 e. The fourth-order valence-electron chi connectivity index (χ4n) is 6.88. The highest BCUT2D eigenvalue weighted by Crippen LogP contribution is 2.51. The van der Waals surface area contributed by atoms with Crippen molar-refractivity contribution in [3.05, 3.63) is 95.0 Å². The Bertz CT molecular complexity index is 1480. The molecule has 2 aliphatic rings. The van der Waals surface area contributed by atoms with Gasteiger partial charge in [-0.1, -0.05) is 72.6 Å². The molecule has 0 spiro atoms. The van der Waals surface area contributed by atoms with Gasteiger partial charge in [0, 0.05) is 35.6 Å². The summed E-state index contributed by atoms with van der Waals surface area (Å²) in [4.78, 5) is 22.7. The van der Waals surface area contributed by atoms with E-state index in [1.807, 2.05) is 54.6 Å². The summed E-state index contributed by atoms with van der Waals surface area (Å²) in [5.41, 5.74) is 3.91. The van der Waals surface area contributed by atoms with Crippen molar-refractivity contribution in [2.24, 2.45) is 0 Å². The number of carboxylic acid groups (broad SMARTS) is 1. The number of hydrogen-bond donors (Lipinski definition) is 1. The SMILES string of the molecule is C[C@@H]1CN(c2ccc3c(Cl)cccc3n2)C[C@H](C)N1CCCCC1(C(=O)O)c2ccccc2-c2ccccc21. The van der Waals surface area contributed by atoms with E-state index >= 15 is 0 Å². The lowest BCUT2D eigenvalue weighted by atomic mass is 9.74. The fraction of sp³-hybridized carbons (Fsp3) is 0.333. The number of hydrogen-bond acceptors (Lipinski definition) is 4. The van der Waals surface area contributed by atoms with Gasteiger partial charge >= 0.3 is 5.97 Å². The number of benzene rings is 3. The number of unbranched alkanes of at least 4 members (excludes halogenated alkanes) is 1. The van der Waals surface area contributed by atoms with Crippen molar-refractivity contribution in [3.63, 3.8) is 0 Å². The first-order valence-corrected chi connectivity index (χ1v) is 14.3. The third-order valence-electron chi connectivity index (χ3n) is 8.74. The maximum atomic E-state index is 12.9.